The second-order valence-electron chi connectivity index (χ2n) is 6.47. The molecule has 9 nitrogen and oxygen atoms in total. The number of carbonyl (C=O) groups is 3. The second-order valence-corrected chi connectivity index (χ2v) is 8.20. The number of rotatable bonds is 5. The van der Waals surface area contributed by atoms with E-state index >= 15 is 0 Å². The Morgan fingerprint density at radius 2 is 1.96 bits per heavy atom. The summed E-state index contributed by atoms with van der Waals surface area (Å²) in [6, 6.07) is 4.27. The molecule has 4 amide bonds. The summed E-state index contributed by atoms with van der Waals surface area (Å²) in [4.78, 5) is 38.0. The van der Waals surface area contributed by atoms with Crippen molar-refractivity contribution in [2.24, 2.45) is 0 Å². The van der Waals surface area contributed by atoms with Gasteiger partial charge in [0.05, 0.1) is 24.0 Å². The summed E-state index contributed by atoms with van der Waals surface area (Å²) in [5.41, 5.74) is 1.40. The van der Waals surface area contributed by atoms with Crippen LogP contribution in [0.1, 0.15) is 11.1 Å². The number of nitrogens with one attached hydrogen (secondary N) is 2. The molecule has 26 heavy (non-hydrogen) atoms. The molecule has 2 N–H and O–H groups in total. The molecule has 0 saturated carbocycles. The van der Waals surface area contributed by atoms with Crippen LogP contribution in [0.5, 0.6) is 0 Å². The third-order valence-corrected chi connectivity index (χ3v) is 6.05. The van der Waals surface area contributed by atoms with Crippen molar-refractivity contribution >= 4 is 27.9 Å². The number of carbonyl (C=O) groups excluding carboxylic acids is 3. The molecule has 0 atom stereocenters. The van der Waals surface area contributed by atoms with E-state index in [9.17, 15) is 22.8 Å². The van der Waals surface area contributed by atoms with E-state index in [0.29, 0.717) is 5.56 Å². The van der Waals surface area contributed by atoms with E-state index in [1.807, 2.05) is 6.07 Å². The van der Waals surface area contributed by atoms with Gasteiger partial charge in [0.1, 0.15) is 0 Å². The minimum absolute atomic E-state index is 0.0288. The van der Waals surface area contributed by atoms with E-state index in [2.05, 4.69) is 10.0 Å². The number of hydrogen-bond acceptors (Lipinski definition) is 5. The van der Waals surface area contributed by atoms with Gasteiger partial charge in [-0.2, -0.15) is 0 Å². The van der Waals surface area contributed by atoms with Gasteiger partial charge in [0.25, 0.3) is 0 Å². The number of sulfonamides is 1. The maximum atomic E-state index is 12.4. The van der Waals surface area contributed by atoms with Gasteiger partial charge in [-0.3, -0.25) is 14.5 Å². The Morgan fingerprint density at radius 1 is 1.27 bits per heavy atom. The van der Waals surface area contributed by atoms with E-state index in [1.165, 1.54) is 4.90 Å². The Morgan fingerprint density at radius 3 is 2.58 bits per heavy atom. The SMILES string of the molecule is Cc1ccc(C)c(S(=O)(=O)NCC(=O)N2CC(N3C(=O)CNC3=O)C2)c1. The Labute approximate surface area is 151 Å². The van der Waals surface area contributed by atoms with Crippen LogP contribution in [-0.2, 0) is 19.6 Å². The zero-order valence-corrected chi connectivity index (χ0v) is 15.3. The van der Waals surface area contributed by atoms with Crippen molar-refractivity contribution in [3.05, 3.63) is 29.3 Å². The molecular formula is C16H20N4O5S. The number of amides is 4. The van der Waals surface area contributed by atoms with Gasteiger partial charge in [-0.25, -0.2) is 17.9 Å². The van der Waals surface area contributed by atoms with Gasteiger partial charge in [-0.05, 0) is 31.0 Å². The van der Waals surface area contributed by atoms with Crippen LogP contribution in [0.15, 0.2) is 23.1 Å². The van der Waals surface area contributed by atoms with Crippen molar-refractivity contribution in [2.75, 3.05) is 26.2 Å². The molecule has 10 heteroatoms. The molecule has 0 radical (unpaired) electrons. The van der Waals surface area contributed by atoms with Crippen LogP contribution < -0.4 is 10.0 Å². The van der Waals surface area contributed by atoms with Gasteiger partial charge in [0.15, 0.2) is 0 Å². The topological polar surface area (TPSA) is 116 Å². The lowest BCUT2D eigenvalue weighted by Crippen LogP contribution is -2.63. The lowest BCUT2D eigenvalue weighted by atomic mass is 10.1. The Balaban J connectivity index is 1.56. The molecule has 3 rings (SSSR count). The summed E-state index contributed by atoms with van der Waals surface area (Å²) in [5.74, 6) is -0.718. The molecule has 0 spiro atoms. The van der Waals surface area contributed by atoms with Crippen LogP contribution in [0.25, 0.3) is 0 Å². The fourth-order valence-electron chi connectivity index (χ4n) is 2.97. The highest BCUT2D eigenvalue weighted by atomic mass is 32.2. The molecule has 2 aliphatic heterocycles. The van der Waals surface area contributed by atoms with Crippen LogP contribution in [-0.4, -0.2) is 68.3 Å². The van der Waals surface area contributed by atoms with E-state index in [-0.39, 0.29) is 43.0 Å². The van der Waals surface area contributed by atoms with Crippen LogP contribution in [0, 0.1) is 13.8 Å². The molecule has 0 unspecified atom stereocenters. The summed E-state index contributed by atoms with van der Waals surface area (Å²) in [7, 11) is -3.80. The van der Waals surface area contributed by atoms with Gasteiger partial charge >= 0.3 is 6.03 Å². The minimum atomic E-state index is -3.80. The number of nitrogens with zero attached hydrogens (tertiary/aromatic N) is 2. The average Bonchev–Trinajstić information content (AvgIpc) is 2.86. The first-order valence-electron chi connectivity index (χ1n) is 8.13. The fraction of sp³-hybridized carbons (Fsp3) is 0.438. The van der Waals surface area contributed by atoms with E-state index in [4.69, 9.17) is 0 Å². The number of aryl methyl sites for hydroxylation is 2. The number of urea groups is 1. The Kier molecular flexibility index (Phi) is 4.72. The molecular weight excluding hydrogens is 360 g/mol. The van der Waals surface area contributed by atoms with Gasteiger partial charge in [-0.1, -0.05) is 12.1 Å². The Hall–Kier alpha value is -2.46. The van der Waals surface area contributed by atoms with Crippen molar-refractivity contribution in [1.29, 1.82) is 0 Å². The van der Waals surface area contributed by atoms with Gasteiger partial charge < -0.3 is 10.2 Å². The number of hydrogen-bond donors (Lipinski definition) is 2. The second kappa shape index (κ2) is 6.69. The first-order valence-corrected chi connectivity index (χ1v) is 9.62. The monoisotopic (exact) mass is 380 g/mol. The van der Waals surface area contributed by atoms with Crippen molar-refractivity contribution in [1.82, 2.24) is 19.8 Å². The highest BCUT2D eigenvalue weighted by molar-refractivity contribution is 7.89. The molecule has 1 aromatic carbocycles. The van der Waals surface area contributed by atoms with Crippen molar-refractivity contribution in [3.8, 4) is 0 Å². The third kappa shape index (κ3) is 3.42. The summed E-state index contributed by atoms with van der Waals surface area (Å²) in [6.07, 6.45) is 0. The molecule has 140 valence electrons. The largest absolute Gasteiger partial charge is 0.337 e. The third-order valence-electron chi connectivity index (χ3n) is 4.51. The van der Waals surface area contributed by atoms with Gasteiger partial charge in [0, 0.05) is 13.1 Å². The molecule has 2 aliphatic rings. The van der Waals surface area contributed by atoms with E-state index in [0.717, 1.165) is 10.5 Å². The number of likely N-dealkylation sites (tertiary alicyclic amines) is 1. The molecule has 0 bridgehead atoms. The molecule has 1 aromatic rings. The lowest BCUT2D eigenvalue weighted by Gasteiger charge is -2.42. The summed E-state index contributed by atoms with van der Waals surface area (Å²) in [6.45, 7) is 3.50. The highest BCUT2D eigenvalue weighted by Gasteiger charge is 2.42. The summed E-state index contributed by atoms with van der Waals surface area (Å²) in [5, 5.41) is 2.43. The molecule has 2 saturated heterocycles. The molecule has 0 aromatic heterocycles. The number of benzene rings is 1. The maximum Gasteiger partial charge on any atom is 0.324 e. The zero-order valence-electron chi connectivity index (χ0n) is 14.5. The Bertz CT molecular complexity index is 861. The number of imide groups is 1. The summed E-state index contributed by atoms with van der Waals surface area (Å²) >= 11 is 0. The van der Waals surface area contributed by atoms with Gasteiger partial charge in [-0.15, -0.1) is 0 Å². The quantitative estimate of drug-likeness (QED) is 0.658. The fourth-order valence-corrected chi connectivity index (χ4v) is 4.27. The highest BCUT2D eigenvalue weighted by Crippen LogP contribution is 2.19. The predicted octanol–water partition coefficient (Wildman–Crippen LogP) is -0.656. The van der Waals surface area contributed by atoms with Crippen molar-refractivity contribution in [3.63, 3.8) is 0 Å². The standard InChI is InChI=1S/C16H20N4O5S/c1-10-3-4-11(2)13(5-10)26(24,25)18-7-14(21)19-8-12(9-19)20-15(22)6-17-16(20)23/h3-5,12,18H,6-9H2,1-2H3,(H,17,23). The minimum Gasteiger partial charge on any atom is -0.337 e. The molecule has 2 heterocycles. The van der Waals surface area contributed by atoms with Crippen molar-refractivity contribution < 1.29 is 22.8 Å². The van der Waals surface area contributed by atoms with Crippen LogP contribution in [0.3, 0.4) is 0 Å². The smallest absolute Gasteiger partial charge is 0.324 e. The van der Waals surface area contributed by atoms with Crippen molar-refractivity contribution in [2.45, 2.75) is 24.8 Å². The van der Waals surface area contributed by atoms with E-state index in [1.54, 1.807) is 26.0 Å². The molecule has 0 aliphatic carbocycles. The normalized spacial score (nSPS) is 18.1. The summed E-state index contributed by atoms with van der Waals surface area (Å²) < 4.78 is 27.1. The van der Waals surface area contributed by atoms with Crippen LogP contribution in [0.4, 0.5) is 4.79 Å². The zero-order chi connectivity index (χ0) is 19.1. The lowest BCUT2D eigenvalue weighted by molar-refractivity contribution is -0.141. The van der Waals surface area contributed by atoms with Crippen LogP contribution >= 0.6 is 0 Å². The predicted molar refractivity (Wildman–Crippen MR) is 91.7 cm³/mol. The van der Waals surface area contributed by atoms with E-state index < -0.39 is 22.0 Å². The average molecular weight is 380 g/mol. The maximum absolute atomic E-state index is 12.4. The first kappa shape index (κ1) is 18.3. The van der Waals surface area contributed by atoms with Gasteiger partial charge in [0.2, 0.25) is 21.8 Å². The van der Waals surface area contributed by atoms with Crippen LogP contribution in [0.2, 0.25) is 0 Å². The first-order chi connectivity index (χ1) is 12.2. The molecule has 2 fully saturated rings.